The highest BCUT2D eigenvalue weighted by molar-refractivity contribution is 9.10. The summed E-state index contributed by atoms with van der Waals surface area (Å²) in [6.45, 7) is 0. The van der Waals surface area contributed by atoms with Crippen LogP contribution < -0.4 is 0 Å². The van der Waals surface area contributed by atoms with Crippen LogP contribution in [0.5, 0.6) is 0 Å². The third-order valence-corrected chi connectivity index (χ3v) is 15.1. The molecule has 0 atom stereocenters. The lowest BCUT2D eigenvalue weighted by molar-refractivity contribution is 0.619. The van der Waals surface area contributed by atoms with E-state index in [0.717, 1.165) is 106 Å². The second-order valence-corrected chi connectivity index (χ2v) is 20.7. The normalized spacial score (nSPS) is 11.5. The first-order valence-corrected chi connectivity index (χ1v) is 27.7. The predicted octanol–water partition coefficient (Wildman–Crippen LogP) is 19.6. The summed E-state index contributed by atoms with van der Waals surface area (Å²) in [6, 6.07) is 95.5. The molecule has 81 heavy (non-hydrogen) atoms. The van der Waals surface area contributed by atoms with Gasteiger partial charge in [-0.25, -0.2) is 19.9 Å². The minimum atomic E-state index is 0.620. The zero-order chi connectivity index (χ0) is 54.1. The Balaban J connectivity index is 0.000000121. The average Bonchev–Trinajstić information content (AvgIpc) is 3.87. The van der Waals surface area contributed by atoms with Gasteiger partial charge in [0.15, 0.2) is 11.2 Å². The summed E-state index contributed by atoms with van der Waals surface area (Å²) in [7, 11) is 0. The van der Waals surface area contributed by atoms with Gasteiger partial charge in [-0.1, -0.05) is 200 Å². The number of para-hydroxylation sites is 1. The smallest absolute Gasteiger partial charge is 0.227 e. The van der Waals surface area contributed by atoms with Crippen LogP contribution in [-0.4, -0.2) is 24.5 Å². The highest BCUT2D eigenvalue weighted by Gasteiger charge is 2.22. The molecule has 0 aliphatic heterocycles. The fourth-order valence-electron chi connectivity index (χ4n) is 10.8. The maximum Gasteiger partial charge on any atom is 0.227 e. The van der Waals surface area contributed by atoms with E-state index in [4.69, 9.17) is 18.8 Å². The standard InChI is InChI=1S/C36H23N3O.C20H13NO.C17H12BrN/c1-4-12-24(13-5-1)27-20-30(25-14-6-2-7-15-25)37-35(21-27)39-32-19-11-10-18-28(32)29-22-31-34(23-33(29)39)40-36(38-31)26-16-8-3-9-17-26;1-2-6-13(7-3-1)20-21-18-12-17-15(11-19(18)22-20)10-14-8-4-5-9-16(14)17;18-17-12-15(13-7-3-1-4-8-13)11-16(19-17)14-9-5-2-6-10-14/h1-23H;1-9,11-12H,10H2;1-12H. The predicted molar refractivity (Wildman–Crippen MR) is 333 cm³/mol. The van der Waals surface area contributed by atoms with Gasteiger partial charge in [0.1, 0.15) is 21.5 Å². The number of benzene rings is 10. The third-order valence-electron chi connectivity index (χ3n) is 14.7. The van der Waals surface area contributed by atoms with Crippen molar-refractivity contribution in [1.29, 1.82) is 0 Å². The summed E-state index contributed by atoms with van der Waals surface area (Å²) in [4.78, 5) is 19.3. The van der Waals surface area contributed by atoms with E-state index in [1.165, 1.54) is 33.4 Å². The van der Waals surface area contributed by atoms with Gasteiger partial charge in [-0.2, -0.15) is 0 Å². The van der Waals surface area contributed by atoms with Gasteiger partial charge < -0.3 is 8.83 Å². The van der Waals surface area contributed by atoms with Gasteiger partial charge in [-0.3, -0.25) is 4.57 Å². The Kier molecular flexibility index (Phi) is 13.0. The molecule has 5 heterocycles. The second-order valence-electron chi connectivity index (χ2n) is 19.9. The van der Waals surface area contributed by atoms with Crippen molar-refractivity contribution in [2.24, 2.45) is 0 Å². The van der Waals surface area contributed by atoms with Gasteiger partial charge in [-0.15, -0.1) is 0 Å². The molecule has 1 aliphatic carbocycles. The van der Waals surface area contributed by atoms with Gasteiger partial charge >= 0.3 is 0 Å². The molecule has 5 aromatic heterocycles. The molecule has 0 fully saturated rings. The van der Waals surface area contributed by atoms with Crippen molar-refractivity contribution < 1.29 is 8.83 Å². The minimum absolute atomic E-state index is 0.620. The van der Waals surface area contributed by atoms with Crippen molar-refractivity contribution in [2.45, 2.75) is 6.42 Å². The monoisotopic (exact) mass is 1110 g/mol. The molecule has 0 spiro atoms. The number of halogens is 1. The van der Waals surface area contributed by atoms with E-state index in [-0.39, 0.29) is 0 Å². The largest absolute Gasteiger partial charge is 0.436 e. The van der Waals surface area contributed by atoms with E-state index < -0.39 is 0 Å². The number of hydrogen-bond donors (Lipinski definition) is 0. The second kappa shape index (κ2) is 21.5. The van der Waals surface area contributed by atoms with Crippen LogP contribution in [0.4, 0.5) is 0 Å². The number of nitrogens with zero attached hydrogens (tertiary/aromatic N) is 5. The summed E-state index contributed by atoms with van der Waals surface area (Å²) in [5.74, 6) is 2.16. The van der Waals surface area contributed by atoms with Gasteiger partial charge in [0.2, 0.25) is 11.8 Å². The Labute approximate surface area is 476 Å². The molecule has 15 aromatic rings. The summed E-state index contributed by atoms with van der Waals surface area (Å²) in [5.41, 5.74) is 21.5. The summed E-state index contributed by atoms with van der Waals surface area (Å²) >= 11 is 3.50. The number of hydrogen-bond acceptors (Lipinski definition) is 6. The molecule has 10 aromatic carbocycles. The first-order valence-electron chi connectivity index (χ1n) is 26.9. The van der Waals surface area contributed by atoms with E-state index in [0.29, 0.717) is 11.8 Å². The average molecular weight is 1110 g/mol. The van der Waals surface area contributed by atoms with Crippen molar-refractivity contribution >= 4 is 59.9 Å². The van der Waals surface area contributed by atoms with Crippen LogP contribution in [-0.2, 0) is 6.42 Å². The molecule has 0 radical (unpaired) electrons. The number of fused-ring (bicyclic) bond motifs is 8. The fourth-order valence-corrected chi connectivity index (χ4v) is 11.3. The van der Waals surface area contributed by atoms with E-state index in [1.54, 1.807) is 0 Å². The third kappa shape index (κ3) is 9.90. The summed E-state index contributed by atoms with van der Waals surface area (Å²) in [6.07, 6.45) is 0.975. The van der Waals surface area contributed by atoms with Crippen LogP contribution in [0.25, 0.3) is 129 Å². The SMILES string of the molecule is Brc1cc(-c2ccccc2)cc(-c2ccccc2)n1.c1ccc(-c2cc(-c3ccccc3)nc(-n3c4ccccc4c4cc5nc(-c6ccccc6)oc5cc43)c2)cc1.c1ccc(-c2nc3cc4c(cc3o2)Cc2ccccc2-4)cc1. The Morgan fingerprint density at radius 1 is 0.321 bits per heavy atom. The molecule has 0 amide bonds. The number of aromatic nitrogens is 5. The van der Waals surface area contributed by atoms with Gasteiger partial charge in [0.25, 0.3) is 0 Å². The van der Waals surface area contributed by atoms with Crippen molar-refractivity contribution in [3.05, 3.63) is 295 Å². The Morgan fingerprint density at radius 2 is 0.790 bits per heavy atom. The van der Waals surface area contributed by atoms with Crippen molar-refractivity contribution in [2.75, 3.05) is 0 Å². The molecule has 16 rings (SSSR count). The number of rotatable bonds is 7. The zero-order valence-corrected chi connectivity index (χ0v) is 45.3. The molecule has 8 heteroatoms. The van der Waals surface area contributed by atoms with Gasteiger partial charge in [0.05, 0.1) is 22.4 Å². The quantitative estimate of drug-likeness (QED) is 0.148. The maximum atomic E-state index is 6.29. The number of oxazole rings is 2. The lowest BCUT2D eigenvalue weighted by atomic mass is 10.0. The Morgan fingerprint density at radius 3 is 1.38 bits per heavy atom. The van der Waals surface area contributed by atoms with Crippen LogP contribution in [0.15, 0.2) is 292 Å². The van der Waals surface area contributed by atoms with Gasteiger partial charge in [-0.05, 0) is 140 Å². The first-order chi connectivity index (χ1) is 40.0. The van der Waals surface area contributed by atoms with Crippen LogP contribution in [0.3, 0.4) is 0 Å². The molecule has 7 nitrogen and oxygen atoms in total. The van der Waals surface area contributed by atoms with Crippen molar-refractivity contribution in [3.63, 3.8) is 0 Å². The fraction of sp³-hybridized carbons (Fsp3) is 0.0137. The summed E-state index contributed by atoms with van der Waals surface area (Å²) < 4.78 is 15.4. The maximum absolute atomic E-state index is 6.29. The molecule has 0 N–H and O–H groups in total. The van der Waals surface area contributed by atoms with Crippen LogP contribution in [0.2, 0.25) is 0 Å². The molecule has 384 valence electrons. The Bertz CT molecular complexity index is 4600. The van der Waals surface area contributed by atoms with Crippen LogP contribution in [0.1, 0.15) is 11.1 Å². The van der Waals surface area contributed by atoms with Crippen molar-refractivity contribution in [3.8, 4) is 84.6 Å². The molecule has 1 aliphatic rings. The topological polar surface area (TPSA) is 82.8 Å². The van der Waals surface area contributed by atoms with Crippen molar-refractivity contribution in [1.82, 2.24) is 24.5 Å². The van der Waals surface area contributed by atoms with E-state index in [2.05, 4.69) is 194 Å². The highest BCUT2D eigenvalue weighted by Crippen LogP contribution is 2.41. The molecular formula is C73H48BrN5O2. The minimum Gasteiger partial charge on any atom is -0.436 e. The molecule has 0 unspecified atom stereocenters. The van der Waals surface area contributed by atoms with Crippen LogP contribution >= 0.6 is 15.9 Å². The molecule has 0 saturated carbocycles. The molecule has 0 saturated heterocycles. The van der Waals surface area contributed by atoms with Crippen LogP contribution in [0, 0.1) is 0 Å². The molecular weight excluding hydrogens is 1060 g/mol. The van der Waals surface area contributed by atoms with E-state index in [1.807, 2.05) is 115 Å². The number of pyridine rings is 2. The first kappa shape index (κ1) is 49.0. The lowest BCUT2D eigenvalue weighted by Gasteiger charge is -2.13. The van der Waals surface area contributed by atoms with E-state index in [9.17, 15) is 0 Å². The molecule has 0 bridgehead atoms. The Hall–Kier alpha value is -10.3. The zero-order valence-electron chi connectivity index (χ0n) is 43.7. The lowest BCUT2D eigenvalue weighted by Crippen LogP contribution is -2.00. The summed E-state index contributed by atoms with van der Waals surface area (Å²) in [5, 5.41) is 2.26. The van der Waals surface area contributed by atoms with Gasteiger partial charge in [0, 0.05) is 39.1 Å². The van der Waals surface area contributed by atoms with E-state index >= 15 is 0 Å². The highest BCUT2D eigenvalue weighted by atomic mass is 79.9.